The molecule has 0 bridgehead atoms. The molecule has 1 amide bonds. The van der Waals surface area contributed by atoms with Gasteiger partial charge in [0, 0.05) is 31.3 Å². The first-order valence-corrected chi connectivity index (χ1v) is 10.7. The number of ether oxygens (including phenoxy) is 1. The average Bonchev–Trinajstić information content (AvgIpc) is 3.56. The van der Waals surface area contributed by atoms with Crippen LogP contribution in [0.3, 0.4) is 0 Å². The summed E-state index contributed by atoms with van der Waals surface area (Å²) in [6, 6.07) is 5.73. The van der Waals surface area contributed by atoms with Crippen molar-refractivity contribution in [3.05, 3.63) is 53.6 Å². The first-order valence-electron chi connectivity index (χ1n) is 10.7. The molecule has 32 heavy (non-hydrogen) atoms. The standard InChI is InChI=1S/C22H22F3N5O2/c23-22(24,25)18-4-3-16(11-26-18)21(31)29-9-7-14(8-10-29)13-32-20-6-5-19-27-17(15-1-2-15)12-30(19)28-20/h3-6,11-12,14-15H,1-2,7-10,13H2. The lowest BCUT2D eigenvalue weighted by Gasteiger charge is -2.31. The lowest BCUT2D eigenvalue weighted by Crippen LogP contribution is -2.39. The second kappa shape index (κ2) is 8.07. The van der Waals surface area contributed by atoms with Gasteiger partial charge in [-0.2, -0.15) is 13.2 Å². The molecular weight excluding hydrogens is 423 g/mol. The Balaban J connectivity index is 1.13. The quantitative estimate of drug-likeness (QED) is 0.595. The summed E-state index contributed by atoms with van der Waals surface area (Å²) in [6.07, 6.45) is 2.30. The molecule has 1 aliphatic heterocycles. The molecule has 0 radical (unpaired) electrons. The largest absolute Gasteiger partial charge is 0.476 e. The van der Waals surface area contributed by atoms with E-state index in [1.54, 1.807) is 9.42 Å². The monoisotopic (exact) mass is 445 g/mol. The minimum Gasteiger partial charge on any atom is -0.476 e. The van der Waals surface area contributed by atoms with Gasteiger partial charge in [-0.25, -0.2) is 9.50 Å². The summed E-state index contributed by atoms with van der Waals surface area (Å²) in [4.78, 5) is 22.2. The van der Waals surface area contributed by atoms with Gasteiger partial charge in [0.25, 0.3) is 5.91 Å². The van der Waals surface area contributed by atoms with Crippen LogP contribution in [0.15, 0.2) is 36.7 Å². The van der Waals surface area contributed by atoms with Crippen molar-refractivity contribution in [3.63, 3.8) is 0 Å². The number of likely N-dealkylation sites (tertiary alicyclic amines) is 1. The Labute approximate surface area is 182 Å². The maximum atomic E-state index is 12.6. The van der Waals surface area contributed by atoms with E-state index in [9.17, 15) is 18.0 Å². The molecule has 0 N–H and O–H groups in total. The fourth-order valence-electron chi connectivity index (χ4n) is 3.91. The van der Waals surface area contributed by atoms with Gasteiger partial charge in [0.05, 0.1) is 24.1 Å². The van der Waals surface area contributed by atoms with E-state index in [1.807, 2.05) is 18.3 Å². The van der Waals surface area contributed by atoms with E-state index < -0.39 is 11.9 Å². The molecule has 0 unspecified atom stereocenters. The van der Waals surface area contributed by atoms with Gasteiger partial charge >= 0.3 is 6.18 Å². The molecule has 5 rings (SSSR count). The van der Waals surface area contributed by atoms with Gasteiger partial charge in [-0.3, -0.25) is 9.78 Å². The number of hydrogen-bond acceptors (Lipinski definition) is 5. The lowest BCUT2D eigenvalue weighted by molar-refractivity contribution is -0.141. The van der Waals surface area contributed by atoms with Gasteiger partial charge in [0.15, 0.2) is 5.65 Å². The van der Waals surface area contributed by atoms with Crippen LogP contribution in [0.1, 0.15) is 53.3 Å². The molecule has 10 heteroatoms. The van der Waals surface area contributed by atoms with Crippen molar-refractivity contribution >= 4 is 11.6 Å². The molecular formula is C22H22F3N5O2. The predicted octanol–water partition coefficient (Wildman–Crippen LogP) is 3.95. The first kappa shape index (κ1) is 20.7. The van der Waals surface area contributed by atoms with Crippen molar-refractivity contribution in [1.29, 1.82) is 0 Å². The molecule has 3 aromatic heterocycles. The Morgan fingerprint density at radius 2 is 1.88 bits per heavy atom. The molecule has 7 nitrogen and oxygen atoms in total. The average molecular weight is 445 g/mol. The zero-order valence-corrected chi connectivity index (χ0v) is 17.3. The van der Waals surface area contributed by atoms with Crippen molar-refractivity contribution in [3.8, 4) is 5.88 Å². The van der Waals surface area contributed by atoms with Crippen molar-refractivity contribution in [2.24, 2.45) is 5.92 Å². The number of amides is 1. The van der Waals surface area contributed by atoms with Gasteiger partial charge in [-0.05, 0) is 49.8 Å². The van der Waals surface area contributed by atoms with Crippen molar-refractivity contribution in [2.45, 2.75) is 37.8 Å². The number of rotatable bonds is 5. The molecule has 0 atom stereocenters. The van der Waals surface area contributed by atoms with E-state index in [-0.39, 0.29) is 17.4 Å². The number of piperidine rings is 1. The third-order valence-electron chi connectivity index (χ3n) is 5.98. The molecule has 2 fully saturated rings. The fourth-order valence-corrected chi connectivity index (χ4v) is 3.91. The van der Waals surface area contributed by atoms with Crippen LogP contribution in [0.2, 0.25) is 0 Å². The summed E-state index contributed by atoms with van der Waals surface area (Å²) in [7, 11) is 0. The van der Waals surface area contributed by atoms with Gasteiger partial charge in [-0.15, -0.1) is 5.10 Å². The van der Waals surface area contributed by atoms with E-state index in [2.05, 4.69) is 15.1 Å². The molecule has 4 heterocycles. The molecule has 3 aromatic rings. The molecule has 1 aliphatic carbocycles. The fraction of sp³-hybridized carbons (Fsp3) is 0.455. The highest BCUT2D eigenvalue weighted by molar-refractivity contribution is 5.94. The predicted molar refractivity (Wildman–Crippen MR) is 108 cm³/mol. The van der Waals surface area contributed by atoms with Crippen molar-refractivity contribution < 1.29 is 22.7 Å². The highest BCUT2D eigenvalue weighted by Crippen LogP contribution is 2.39. The van der Waals surface area contributed by atoms with Gasteiger partial charge in [-0.1, -0.05) is 0 Å². The van der Waals surface area contributed by atoms with Crippen molar-refractivity contribution in [1.82, 2.24) is 24.5 Å². The third-order valence-corrected chi connectivity index (χ3v) is 5.98. The summed E-state index contributed by atoms with van der Waals surface area (Å²) in [5, 5.41) is 4.48. The highest BCUT2D eigenvalue weighted by atomic mass is 19.4. The van der Waals surface area contributed by atoms with Crippen LogP contribution < -0.4 is 4.74 Å². The summed E-state index contributed by atoms with van der Waals surface area (Å²) < 4.78 is 45.6. The molecule has 0 spiro atoms. The minimum absolute atomic E-state index is 0.163. The molecule has 0 aromatic carbocycles. The number of hydrogen-bond donors (Lipinski definition) is 0. The Hall–Kier alpha value is -3.17. The van der Waals surface area contributed by atoms with Gasteiger partial charge in [0.1, 0.15) is 5.69 Å². The third kappa shape index (κ3) is 4.39. The van der Waals surface area contributed by atoms with Crippen LogP contribution in [0.5, 0.6) is 5.88 Å². The Morgan fingerprint density at radius 1 is 1.09 bits per heavy atom. The number of fused-ring (bicyclic) bond motifs is 1. The minimum atomic E-state index is -4.52. The van der Waals surface area contributed by atoms with E-state index in [0.717, 1.165) is 36.4 Å². The molecule has 168 valence electrons. The Bertz CT molecular complexity index is 1120. The van der Waals surface area contributed by atoms with Gasteiger partial charge < -0.3 is 9.64 Å². The van der Waals surface area contributed by atoms with E-state index in [1.165, 1.54) is 18.9 Å². The van der Waals surface area contributed by atoms with Crippen LogP contribution in [0.25, 0.3) is 5.65 Å². The van der Waals surface area contributed by atoms with E-state index >= 15 is 0 Å². The maximum Gasteiger partial charge on any atom is 0.433 e. The summed E-state index contributed by atoms with van der Waals surface area (Å²) >= 11 is 0. The Kier molecular flexibility index (Phi) is 5.22. The first-order chi connectivity index (χ1) is 15.4. The number of halogens is 3. The normalized spacial score (nSPS) is 17.7. The Morgan fingerprint density at radius 3 is 2.53 bits per heavy atom. The van der Waals surface area contributed by atoms with Crippen LogP contribution in [-0.2, 0) is 6.18 Å². The number of pyridine rings is 1. The topological polar surface area (TPSA) is 72.6 Å². The second-order valence-electron chi connectivity index (χ2n) is 8.39. The summed E-state index contributed by atoms with van der Waals surface area (Å²) in [5.41, 5.74) is 1.05. The second-order valence-corrected chi connectivity index (χ2v) is 8.39. The number of carbonyl (C=O) groups is 1. The van der Waals surface area contributed by atoms with Crippen LogP contribution in [-0.4, -0.2) is 50.1 Å². The maximum absolute atomic E-state index is 12.6. The van der Waals surface area contributed by atoms with Crippen molar-refractivity contribution in [2.75, 3.05) is 19.7 Å². The van der Waals surface area contributed by atoms with Crippen LogP contribution in [0, 0.1) is 5.92 Å². The molecule has 1 saturated carbocycles. The SMILES string of the molecule is O=C(c1ccc(C(F)(F)F)nc1)N1CCC(COc2ccc3nc(C4CC4)cn3n2)CC1. The molecule has 2 aliphatic rings. The number of alkyl halides is 3. The number of aromatic nitrogens is 4. The van der Waals surface area contributed by atoms with Crippen LogP contribution >= 0.6 is 0 Å². The number of carbonyl (C=O) groups excluding carboxylic acids is 1. The van der Waals surface area contributed by atoms with Crippen LogP contribution in [0.4, 0.5) is 13.2 Å². The van der Waals surface area contributed by atoms with E-state index in [0.29, 0.717) is 31.5 Å². The van der Waals surface area contributed by atoms with E-state index in [4.69, 9.17) is 4.74 Å². The zero-order chi connectivity index (χ0) is 22.3. The number of imidazole rings is 1. The van der Waals surface area contributed by atoms with Gasteiger partial charge in [0.2, 0.25) is 5.88 Å². The molecule has 1 saturated heterocycles. The summed E-state index contributed by atoms with van der Waals surface area (Å²) in [6.45, 7) is 1.53. The highest BCUT2D eigenvalue weighted by Gasteiger charge is 2.33. The lowest BCUT2D eigenvalue weighted by atomic mass is 9.97. The summed E-state index contributed by atoms with van der Waals surface area (Å²) in [5.74, 6) is 1.07. The zero-order valence-electron chi connectivity index (χ0n) is 17.3. The number of nitrogens with zero attached hydrogens (tertiary/aromatic N) is 5. The smallest absolute Gasteiger partial charge is 0.433 e.